The highest BCUT2D eigenvalue weighted by Gasteiger charge is 2.24. The van der Waals surface area contributed by atoms with Crippen LogP contribution in [0.3, 0.4) is 0 Å². The van der Waals surface area contributed by atoms with Gasteiger partial charge in [-0.15, -0.1) is 0 Å². The van der Waals surface area contributed by atoms with Crippen molar-refractivity contribution in [2.24, 2.45) is 0 Å². The Morgan fingerprint density at radius 3 is 2.05 bits per heavy atom. The molecule has 0 atom stereocenters. The number of hydrogen-bond donors (Lipinski definition) is 1. The second kappa shape index (κ2) is 7.84. The third-order valence-electron chi connectivity index (χ3n) is 3.34. The Labute approximate surface area is 119 Å². The molecule has 114 valence electrons. The molecular weight excluding hydrogens is 262 g/mol. The summed E-state index contributed by atoms with van der Waals surface area (Å²) in [6.45, 7) is 6.20. The minimum atomic E-state index is -0.923. The Kier molecular flexibility index (Phi) is 6.44. The van der Waals surface area contributed by atoms with Crippen molar-refractivity contribution in [1.29, 1.82) is 0 Å². The Morgan fingerprint density at radius 2 is 1.60 bits per heavy atom. The van der Waals surface area contributed by atoms with E-state index in [1.807, 2.05) is 6.92 Å². The molecule has 7 heteroatoms. The van der Waals surface area contributed by atoms with E-state index in [1.165, 1.54) is 6.92 Å². The number of carboxylic acids is 1. The molecule has 0 radical (unpaired) electrons. The number of carboxylic acid groups (broad SMARTS) is 1. The smallest absolute Gasteiger partial charge is 0.317 e. The van der Waals surface area contributed by atoms with Crippen molar-refractivity contribution < 1.29 is 19.5 Å². The van der Waals surface area contributed by atoms with E-state index in [9.17, 15) is 14.4 Å². The standard InChI is InChI=1S/C13H23N3O4/c1-3-4-14(10-13(19)20)9-12(18)16-7-5-15(6-8-16)11(2)17/h3-10H2,1-2H3,(H,19,20). The zero-order chi connectivity index (χ0) is 15.1. The molecular formula is C13H23N3O4. The fraction of sp³-hybridized carbons (Fsp3) is 0.769. The van der Waals surface area contributed by atoms with E-state index < -0.39 is 5.97 Å². The van der Waals surface area contributed by atoms with Crippen molar-refractivity contribution in [3.63, 3.8) is 0 Å². The Balaban J connectivity index is 2.45. The van der Waals surface area contributed by atoms with Gasteiger partial charge in [0.2, 0.25) is 11.8 Å². The fourth-order valence-electron chi connectivity index (χ4n) is 2.28. The lowest BCUT2D eigenvalue weighted by atomic mass is 10.3. The van der Waals surface area contributed by atoms with Crippen LogP contribution in [0.2, 0.25) is 0 Å². The summed E-state index contributed by atoms with van der Waals surface area (Å²) in [7, 11) is 0. The highest BCUT2D eigenvalue weighted by molar-refractivity contribution is 5.80. The summed E-state index contributed by atoms with van der Waals surface area (Å²) in [4.78, 5) is 39.1. The summed E-state index contributed by atoms with van der Waals surface area (Å²) < 4.78 is 0. The maximum Gasteiger partial charge on any atom is 0.317 e. The SMILES string of the molecule is CCCN(CC(=O)O)CC(=O)N1CCN(C(C)=O)CC1. The van der Waals surface area contributed by atoms with Gasteiger partial charge in [-0.05, 0) is 13.0 Å². The minimum absolute atomic E-state index is 0.0237. The van der Waals surface area contributed by atoms with E-state index in [1.54, 1.807) is 14.7 Å². The van der Waals surface area contributed by atoms with Crippen molar-refractivity contribution >= 4 is 17.8 Å². The van der Waals surface area contributed by atoms with Crippen LogP contribution >= 0.6 is 0 Å². The molecule has 0 unspecified atom stereocenters. The summed E-state index contributed by atoms with van der Waals surface area (Å²) in [5.74, 6) is -0.967. The first-order chi connectivity index (χ1) is 9.43. The molecule has 1 saturated heterocycles. The maximum atomic E-state index is 12.1. The Hall–Kier alpha value is -1.63. The largest absolute Gasteiger partial charge is 0.480 e. The average Bonchev–Trinajstić information content (AvgIpc) is 2.38. The number of amides is 2. The van der Waals surface area contributed by atoms with E-state index in [0.29, 0.717) is 32.7 Å². The molecule has 0 saturated carbocycles. The fourth-order valence-corrected chi connectivity index (χ4v) is 2.28. The summed E-state index contributed by atoms with van der Waals surface area (Å²) in [5.41, 5.74) is 0. The third-order valence-corrected chi connectivity index (χ3v) is 3.34. The van der Waals surface area contributed by atoms with Gasteiger partial charge in [0.15, 0.2) is 0 Å². The number of rotatable bonds is 6. The molecule has 0 aromatic rings. The molecule has 0 aromatic heterocycles. The van der Waals surface area contributed by atoms with Crippen LogP contribution in [0.25, 0.3) is 0 Å². The quantitative estimate of drug-likeness (QED) is 0.710. The Bertz CT molecular complexity index is 365. The normalized spacial score (nSPS) is 15.6. The summed E-state index contributed by atoms with van der Waals surface area (Å²) in [6.07, 6.45) is 0.804. The van der Waals surface area contributed by atoms with Gasteiger partial charge in [-0.1, -0.05) is 6.92 Å². The summed E-state index contributed by atoms with van der Waals surface area (Å²) in [6, 6.07) is 0. The number of hydrogen-bond acceptors (Lipinski definition) is 4. The molecule has 1 heterocycles. The van der Waals surface area contributed by atoms with E-state index >= 15 is 0 Å². The van der Waals surface area contributed by atoms with Gasteiger partial charge in [0.05, 0.1) is 13.1 Å². The molecule has 1 N–H and O–H groups in total. The molecule has 1 aliphatic heterocycles. The number of aliphatic carboxylic acids is 1. The molecule has 1 fully saturated rings. The van der Waals surface area contributed by atoms with Gasteiger partial charge in [0, 0.05) is 33.1 Å². The predicted molar refractivity (Wildman–Crippen MR) is 73.2 cm³/mol. The summed E-state index contributed by atoms with van der Waals surface area (Å²) in [5, 5.41) is 8.82. The van der Waals surface area contributed by atoms with Crippen LogP contribution in [0.1, 0.15) is 20.3 Å². The van der Waals surface area contributed by atoms with Crippen molar-refractivity contribution in [3.05, 3.63) is 0 Å². The van der Waals surface area contributed by atoms with Gasteiger partial charge in [-0.2, -0.15) is 0 Å². The molecule has 0 spiro atoms. The first-order valence-electron chi connectivity index (χ1n) is 6.91. The second-order valence-corrected chi connectivity index (χ2v) is 4.99. The number of nitrogens with zero attached hydrogens (tertiary/aromatic N) is 3. The predicted octanol–water partition coefficient (Wildman–Crippen LogP) is -0.526. The van der Waals surface area contributed by atoms with Crippen LogP contribution in [-0.4, -0.2) is 83.4 Å². The molecule has 20 heavy (non-hydrogen) atoms. The molecule has 0 aliphatic carbocycles. The number of carbonyl (C=O) groups excluding carboxylic acids is 2. The van der Waals surface area contributed by atoms with E-state index in [-0.39, 0.29) is 24.9 Å². The topological polar surface area (TPSA) is 81.2 Å². The van der Waals surface area contributed by atoms with Gasteiger partial charge < -0.3 is 14.9 Å². The van der Waals surface area contributed by atoms with Crippen LogP contribution in [0.4, 0.5) is 0 Å². The first kappa shape index (κ1) is 16.4. The molecule has 1 aliphatic rings. The van der Waals surface area contributed by atoms with Crippen LogP contribution in [0.5, 0.6) is 0 Å². The van der Waals surface area contributed by atoms with Gasteiger partial charge in [0.25, 0.3) is 0 Å². The highest BCUT2D eigenvalue weighted by Crippen LogP contribution is 2.04. The molecule has 2 amide bonds. The van der Waals surface area contributed by atoms with Gasteiger partial charge in [-0.25, -0.2) is 0 Å². The van der Waals surface area contributed by atoms with E-state index in [0.717, 1.165) is 6.42 Å². The minimum Gasteiger partial charge on any atom is -0.480 e. The van der Waals surface area contributed by atoms with Gasteiger partial charge >= 0.3 is 5.97 Å². The molecule has 0 aromatic carbocycles. The second-order valence-electron chi connectivity index (χ2n) is 4.99. The number of carbonyl (C=O) groups is 3. The van der Waals surface area contributed by atoms with Gasteiger partial charge in [-0.3, -0.25) is 19.3 Å². The lowest BCUT2D eigenvalue weighted by molar-refractivity contribution is -0.142. The highest BCUT2D eigenvalue weighted by atomic mass is 16.4. The van der Waals surface area contributed by atoms with Crippen molar-refractivity contribution in [1.82, 2.24) is 14.7 Å². The van der Waals surface area contributed by atoms with Gasteiger partial charge in [0.1, 0.15) is 0 Å². The lowest BCUT2D eigenvalue weighted by Gasteiger charge is -2.35. The van der Waals surface area contributed by atoms with Crippen LogP contribution in [0.15, 0.2) is 0 Å². The maximum absolute atomic E-state index is 12.1. The van der Waals surface area contributed by atoms with E-state index in [2.05, 4.69) is 0 Å². The van der Waals surface area contributed by atoms with Crippen molar-refractivity contribution in [2.45, 2.75) is 20.3 Å². The van der Waals surface area contributed by atoms with Crippen molar-refractivity contribution in [3.8, 4) is 0 Å². The Morgan fingerprint density at radius 1 is 1.05 bits per heavy atom. The van der Waals surface area contributed by atoms with E-state index in [4.69, 9.17) is 5.11 Å². The zero-order valence-electron chi connectivity index (χ0n) is 12.2. The zero-order valence-corrected chi connectivity index (χ0v) is 12.2. The molecule has 1 rings (SSSR count). The third kappa shape index (κ3) is 5.16. The number of piperazine rings is 1. The molecule has 7 nitrogen and oxygen atoms in total. The van der Waals surface area contributed by atoms with Crippen molar-refractivity contribution in [2.75, 3.05) is 45.8 Å². The first-order valence-corrected chi connectivity index (χ1v) is 6.91. The van der Waals surface area contributed by atoms with Crippen LogP contribution in [0, 0.1) is 0 Å². The average molecular weight is 285 g/mol. The van der Waals surface area contributed by atoms with Crippen LogP contribution < -0.4 is 0 Å². The molecule has 0 bridgehead atoms. The monoisotopic (exact) mass is 285 g/mol. The van der Waals surface area contributed by atoms with Crippen LogP contribution in [-0.2, 0) is 14.4 Å². The lowest BCUT2D eigenvalue weighted by Crippen LogP contribution is -2.52. The summed E-state index contributed by atoms with van der Waals surface area (Å²) >= 11 is 0.